The minimum absolute atomic E-state index is 0.234. The Balaban J connectivity index is 3.16. The van der Waals surface area contributed by atoms with Crippen LogP contribution in [0.1, 0.15) is 39.7 Å². The summed E-state index contributed by atoms with van der Waals surface area (Å²) in [6.45, 7) is 8.94. The van der Waals surface area contributed by atoms with Crippen molar-refractivity contribution in [2.75, 3.05) is 20.3 Å². The smallest absolute Gasteiger partial charge is 0.333 e. The van der Waals surface area contributed by atoms with Crippen molar-refractivity contribution in [2.24, 2.45) is 0 Å². The van der Waals surface area contributed by atoms with Gasteiger partial charge in [0.15, 0.2) is 5.54 Å². The summed E-state index contributed by atoms with van der Waals surface area (Å²) < 4.78 is 11.1. The molecule has 0 aliphatic carbocycles. The van der Waals surface area contributed by atoms with E-state index in [9.17, 15) is 4.79 Å². The van der Waals surface area contributed by atoms with E-state index >= 15 is 0 Å². The number of hydrogen-bond donors (Lipinski definition) is 1. The van der Waals surface area contributed by atoms with Gasteiger partial charge in [-0.3, -0.25) is 5.32 Å². The van der Waals surface area contributed by atoms with Crippen LogP contribution in [-0.4, -0.2) is 31.8 Å². The van der Waals surface area contributed by atoms with Gasteiger partial charge in [-0.25, -0.2) is 4.79 Å². The molecule has 118 valence electrons. The maximum Gasteiger partial charge on any atom is 0.333 e. The lowest BCUT2D eigenvalue weighted by atomic mass is 9.90. The largest absolute Gasteiger partial charge is 0.467 e. The van der Waals surface area contributed by atoms with Gasteiger partial charge in [0.1, 0.15) is 0 Å². The molecule has 0 amide bonds. The van der Waals surface area contributed by atoms with Crippen LogP contribution in [0.25, 0.3) is 0 Å². The van der Waals surface area contributed by atoms with Gasteiger partial charge in [-0.05, 0) is 32.4 Å². The van der Waals surface area contributed by atoms with Crippen LogP contribution in [0.15, 0.2) is 30.3 Å². The van der Waals surface area contributed by atoms with Crippen molar-refractivity contribution >= 4 is 5.97 Å². The Kier molecular flexibility index (Phi) is 6.37. The molecule has 1 aromatic rings. The summed E-state index contributed by atoms with van der Waals surface area (Å²) in [5.74, 6) is -0.331. The summed E-state index contributed by atoms with van der Waals surface area (Å²) in [7, 11) is 1.41. The highest BCUT2D eigenvalue weighted by Crippen LogP contribution is 2.26. The van der Waals surface area contributed by atoms with Crippen LogP contribution in [0.4, 0.5) is 0 Å². The molecular weight excluding hydrogens is 266 g/mol. The predicted molar refractivity (Wildman–Crippen MR) is 84.1 cm³/mol. The Hall–Kier alpha value is -1.39. The molecule has 0 aromatic heterocycles. The minimum Gasteiger partial charge on any atom is -0.467 e. The first kappa shape index (κ1) is 17.7. The van der Waals surface area contributed by atoms with E-state index in [0.717, 1.165) is 12.0 Å². The van der Waals surface area contributed by atoms with Crippen molar-refractivity contribution in [3.63, 3.8) is 0 Å². The molecule has 0 spiro atoms. The average molecular weight is 293 g/mol. The topological polar surface area (TPSA) is 47.6 Å². The first-order valence-corrected chi connectivity index (χ1v) is 7.44. The third kappa shape index (κ3) is 4.29. The van der Waals surface area contributed by atoms with Crippen LogP contribution in [0.2, 0.25) is 0 Å². The van der Waals surface area contributed by atoms with E-state index in [-0.39, 0.29) is 18.2 Å². The third-order valence-electron chi connectivity index (χ3n) is 3.81. The number of nitrogens with one attached hydrogen (secondary N) is 1. The number of carbonyl (C=O) groups is 1. The number of esters is 1. The van der Waals surface area contributed by atoms with Crippen LogP contribution >= 0.6 is 0 Å². The standard InChI is InChI=1S/C17H27NO3/c1-6-16(3,4)21-13-17(18-7-2,15(19)20-5)14-11-9-8-10-12-14/h8-12,18H,6-7,13H2,1-5H3. The van der Waals surface area contributed by atoms with E-state index in [1.54, 1.807) is 0 Å². The molecule has 0 heterocycles. The molecule has 1 unspecified atom stereocenters. The third-order valence-corrected chi connectivity index (χ3v) is 3.81. The first-order valence-electron chi connectivity index (χ1n) is 7.44. The summed E-state index contributed by atoms with van der Waals surface area (Å²) in [6, 6.07) is 9.59. The highest BCUT2D eigenvalue weighted by atomic mass is 16.5. The van der Waals surface area contributed by atoms with Gasteiger partial charge in [0.2, 0.25) is 0 Å². The van der Waals surface area contributed by atoms with Crippen LogP contribution in [0.3, 0.4) is 0 Å². The van der Waals surface area contributed by atoms with Gasteiger partial charge in [-0.15, -0.1) is 0 Å². The summed E-state index contributed by atoms with van der Waals surface area (Å²) in [5.41, 5.74) is -0.411. The van der Waals surface area contributed by atoms with Gasteiger partial charge in [0.05, 0.1) is 19.3 Å². The maximum atomic E-state index is 12.5. The first-order chi connectivity index (χ1) is 9.91. The molecule has 1 N–H and O–H groups in total. The Morgan fingerprint density at radius 3 is 2.29 bits per heavy atom. The molecule has 1 aromatic carbocycles. The lowest BCUT2D eigenvalue weighted by molar-refractivity contribution is -0.155. The molecule has 21 heavy (non-hydrogen) atoms. The fraction of sp³-hybridized carbons (Fsp3) is 0.588. The Bertz CT molecular complexity index is 445. The van der Waals surface area contributed by atoms with Crippen molar-refractivity contribution in [1.82, 2.24) is 5.32 Å². The molecule has 0 bridgehead atoms. The molecule has 4 heteroatoms. The molecule has 0 aliphatic rings. The quantitative estimate of drug-likeness (QED) is 0.749. The van der Waals surface area contributed by atoms with Crippen molar-refractivity contribution < 1.29 is 14.3 Å². The molecule has 0 radical (unpaired) electrons. The van der Waals surface area contributed by atoms with E-state index in [2.05, 4.69) is 12.2 Å². The monoisotopic (exact) mass is 293 g/mol. The van der Waals surface area contributed by atoms with Crippen molar-refractivity contribution in [3.8, 4) is 0 Å². The Labute approximate surface area is 127 Å². The molecule has 0 aliphatic heterocycles. The van der Waals surface area contributed by atoms with Crippen LogP contribution < -0.4 is 5.32 Å². The van der Waals surface area contributed by atoms with Gasteiger partial charge < -0.3 is 9.47 Å². The Morgan fingerprint density at radius 2 is 1.81 bits per heavy atom. The number of methoxy groups -OCH3 is 1. The van der Waals surface area contributed by atoms with E-state index < -0.39 is 5.54 Å². The highest BCUT2D eigenvalue weighted by molar-refractivity contribution is 5.82. The molecule has 1 atom stereocenters. The summed E-state index contributed by atoms with van der Waals surface area (Å²) in [6.07, 6.45) is 0.866. The minimum atomic E-state index is -0.975. The number of likely N-dealkylation sites (N-methyl/N-ethyl adjacent to an activating group) is 1. The zero-order valence-electron chi connectivity index (χ0n) is 13.7. The predicted octanol–water partition coefficient (Wildman–Crippen LogP) is 2.87. The second-order valence-electron chi connectivity index (χ2n) is 5.70. The molecule has 4 nitrogen and oxygen atoms in total. The lowest BCUT2D eigenvalue weighted by Crippen LogP contribution is -2.54. The number of ether oxygens (including phenoxy) is 2. The van der Waals surface area contributed by atoms with Gasteiger partial charge >= 0.3 is 5.97 Å². The summed E-state index contributed by atoms with van der Waals surface area (Å²) >= 11 is 0. The lowest BCUT2D eigenvalue weighted by Gasteiger charge is -2.35. The van der Waals surface area contributed by atoms with Gasteiger partial charge in [0.25, 0.3) is 0 Å². The van der Waals surface area contributed by atoms with E-state index in [1.165, 1.54) is 7.11 Å². The van der Waals surface area contributed by atoms with Crippen molar-refractivity contribution in [2.45, 2.75) is 45.3 Å². The van der Waals surface area contributed by atoms with Gasteiger partial charge in [-0.1, -0.05) is 44.2 Å². The fourth-order valence-electron chi connectivity index (χ4n) is 2.09. The molecule has 0 saturated carbocycles. The molecule has 0 saturated heterocycles. The second-order valence-corrected chi connectivity index (χ2v) is 5.70. The number of rotatable bonds is 8. The van der Waals surface area contributed by atoms with Crippen LogP contribution in [-0.2, 0) is 19.8 Å². The van der Waals surface area contributed by atoms with E-state index in [1.807, 2.05) is 51.1 Å². The fourth-order valence-corrected chi connectivity index (χ4v) is 2.09. The molecular formula is C17H27NO3. The van der Waals surface area contributed by atoms with Crippen molar-refractivity contribution in [1.29, 1.82) is 0 Å². The number of hydrogen-bond acceptors (Lipinski definition) is 4. The highest BCUT2D eigenvalue weighted by Gasteiger charge is 2.42. The maximum absolute atomic E-state index is 12.5. The SMILES string of the molecule is CCNC(COC(C)(C)CC)(C(=O)OC)c1ccccc1. The van der Waals surface area contributed by atoms with E-state index in [4.69, 9.17) is 9.47 Å². The van der Waals surface area contributed by atoms with E-state index in [0.29, 0.717) is 6.54 Å². The van der Waals surface area contributed by atoms with Crippen LogP contribution in [0, 0.1) is 0 Å². The van der Waals surface area contributed by atoms with Crippen LogP contribution in [0.5, 0.6) is 0 Å². The normalized spacial score (nSPS) is 14.5. The zero-order valence-corrected chi connectivity index (χ0v) is 13.7. The van der Waals surface area contributed by atoms with Gasteiger partial charge in [-0.2, -0.15) is 0 Å². The summed E-state index contributed by atoms with van der Waals surface area (Å²) in [5, 5.41) is 3.26. The Morgan fingerprint density at radius 1 is 1.19 bits per heavy atom. The number of benzene rings is 1. The zero-order chi connectivity index (χ0) is 15.9. The van der Waals surface area contributed by atoms with Gasteiger partial charge in [0, 0.05) is 0 Å². The second kappa shape index (κ2) is 7.57. The molecule has 1 rings (SSSR count). The molecule has 0 fully saturated rings. The number of carbonyl (C=O) groups excluding carboxylic acids is 1. The average Bonchev–Trinajstić information content (AvgIpc) is 2.51. The van der Waals surface area contributed by atoms with Crippen molar-refractivity contribution in [3.05, 3.63) is 35.9 Å². The summed E-state index contributed by atoms with van der Waals surface area (Å²) in [4.78, 5) is 12.5.